The SMILES string of the molecule is CCCCN1C(=O)c2ccc(C(=O)N(C)CCCC(=O)O)cc2C1=O. The lowest BCUT2D eigenvalue weighted by molar-refractivity contribution is -0.137. The summed E-state index contributed by atoms with van der Waals surface area (Å²) in [4.78, 5) is 50.3. The molecule has 1 N–H and O–H groups in total. The molecule has 0 fully saturated rings. The Bertz CT molecular complexity index is 713. The Labute approximate surface area is 146 Å². The molecular formula is C18H22N2O5. The zero-order chi connectivity index (χ0) is 18.6. The van der Waals surface area contributed by atoms with Gasteiger partial charge in [0.25, 0.3) is 17.7 Å². The molecule has 1 aromatic rings. The van der Waals surface area contributed by atoms with Gasteiger partial charge in [0.1, 0.15) is 0 Å². The molecule has 25 heavy (non-hydrogen) atoms. The monoisotopic (exact) mass is 346 g/mol. The first kappa shape index (κ1) is 18.6. The third kappa shape index (κ3) is 4.04. The van der Waals surface area contributed by atoms with Gasteiger partial charge >= 0.3 is 5.97 Å². The van der Waals surface area contributed by atoms with Crippen molar-refractivity contribution in [1.29, 1.82) is 0 Å². The Morgan fingerprint density at radius 1 is 1.12 bits per heavy atom. The summed E-state index contributed by atoms with van der Waals surface area (Å²) < 4.78 is 0. The number of carboxylic acids is 1. The summed E-state index contributed by atoms with van der Waals surface area (Å²) in [7, 11) is 1.58. The molecule has 7 nitrogen and oxygen atoms in total. The van der Waals surface area contributed by atoms with Crippen molar-refractivity contribution in [2.75, 3.05) is 20.1 Å². The summed E-state index contributed by atoms with van der Waals surface area (Å²) in [6, 6.07) is 4.50. The van der Waals surface area contributed by atoms with Crippen LogP contribution in [0.4, 0.5) is 0 Å². The van der Waals surface area contributed by atoms with E-state index in [1.54, 1.807) is 7.05 Å². The Kier molecular flexibility index (Phi) is 5.90. The van der Waals surface area contributed by atoms with E-state index in [1.165, 1.54) is 28.0 Å². The first-order chi connectivity index (χ1) is 11.9. The zero-order valence-corrected chi connectivity index (χ0v) is 14.4. The van der Waals surface area contributed by atoms with Crippen LogP contribution in [-0.4, -0.2) is 58.7 Å². The topological polar surface area (TPSA) is 95.0 Å². The molecule has 0 aromatic heterocycles. The largest absolute Gasteiger partial charge is 0.481 e. The maximum atomic E-state index is 12.4. The van der Waals surface area contributed by atoms with Gasteiger partial charge in [0.15, 0.2) is 0 Å². The Morgan fingerprint density at radius 2 is 1.80 bits per heavy atom. The number of imide groups is 1. The molecule has 1 aromatic carbocycles. The highest BCUT2D eigenvalue weighted by molar-refractivity contribution is 6.22. The molecule has 0 bridgehead atoms. The number of fused-ring (bicyclic) bond motifs is 1. The predicted octanol–water partition coefficient (Wildman–Crippen LogP) is 2.02. The highest BCUT2D eigenvalue weighted by atomic mass is 16.4. The fourth-order valence-electron chi connectivity index (χ4n) is 2.73. The van der Waals surface area contributed by atoms with Crippen molar-refractivity contribution < 1.29 is 24.3 Å². The highest BCUT2D eigenvalue weighted by Gasteiger charge is 2.35. The van der Waals surface area contributed by atoms with Crippen LogP contribution < -0.4 is 0 Å². The molecule has 7 heteroatoms. The number of unbranched alkanes of at least 4 members (excludes halogenated alkanes) is 1. The predicted molar refractivity (Wildman–Crippen MR) is 90.5 cm³/mol. The quantitative estimate of drug-likeness (QED) is 0.727. The van der Waals surface area contributed by atoms with Crippen molar-refractivity contribution in [3.63, 3.8) is 0 Å². The number of hydrogen-bond donors (Lipinski definition) is 1. The summed E-state index contributed by atoms with van der Waals surface area (Å²) >= 11 is 0. The minimum absolute atomic E-state index is 0.0127. The molecule has 0 saturated carbocycles. The average molecular weight is 346 g/mol. The van der Waals surface area contributed by atoms with Gasteiger partial charge in [-0.1, -0.05) is 13.3 Å². The number of carboxylic acid groups (broad SMARTS) is 1. The molecule has 1 aliphatic rings. The smallest absolute Gasteiger partial charge is 0.303 e. The maximum Gasteiger partial charge on any atom is 0.303 e. The Balaban J connectivity index is 2.13. The Morgan fingerprint density at radius 3 is 2.44 bits per heavy atom. The van der Waals surface area contributed by atoms with E-state index in [0.29, 0.717) is 30.6 Å². The number of aliphatic carboxylic acids is 1. The molecule has 0 radical (unpaired) electrons. The number of benzene rings is 1. The van der Waals surface area contributed by atoms with Crippen molar-refractivity contribution in [3.8, 4) is 0 Å². The molecule has 0 spiro atoms. The second-order valence-corrected chi connectivity index (χ2v) is 6.10. The van der Waals surface area contributed by atoms with E-state index < -0.39 is 5.97 Å². The van der Waals surface area contributed by atoms with E-state index >= 15 is 0 Å². The fraction of sp³-hybridized carbons (Fsp3) is 0.444. The first-order valence-corrected chi connectivity index (χ1v) is 8.34. The van der Waals surface area contributed by atoms with E-state index in [2.05, 4.69) is 0 Å². The van der Waals surface area contributed by atoms with E-state index in [0.717, 1.165) is 12.8 Å². The van der Waals surface area contributed by atoms with Gasteiger partial charge in [-0.2, -0.15) is 0 Å². The van der Waals surface area contributed by atoms with Gasteiger partial charge in [0.2, 0.25) is 0 Å². The number of rotatable bonds is 8. The lowest BCUT2D eigenvalue weighted by atomic mass is 10.0. The first-order valence-electron chi connectivity index (χ1n) is 8.34. The summed E-state index contributed by atoms with van der Waals surface area (Å²) in [6.07, 6.45) is 1.95. The van der Waals surface area contributed by atoms with Gasteiger partial charge in [0, 0.05) is 32.1 Å². The van der Waals surface area contributed by atoms with Crippen LogP contribution in [-0.2, 0) is 4.79 Å². The molecule has 0 saturated heterocycles. The second-order valence-electron chi connectivity index (χ2n) is 6.10. The summed E-state index contributed by atoms with van der Waals surface area (Å²) in [5.74, 6) is -1.89. The molecule has 2 rings (SSSR count). The minimum Gasteiger partial charge on any atom is -0.481 e. The molecule has 134 valence electrons. The van der Waals surface area contributed by atoms with E-state index in [1.807, 2.05) is 6.92 Å². The van der Waals surface area contributed by atoms with Crippen LogP contribution in [0.5, 0.6) is 0 Å². The van der Waals surface area contributed by atoms with Gasteiger partial charge in [-0.05, 0) is 31.0 Å². The molecule has 0 atom stereocenters. The molecule has 0 unspecified atom stereocenters. The summed E-state index contributed by atoms with van der Waals surface area (Å²) in [5, 5.41) is 8.65. The molecule has 1 aliphatic heterocycles. The zero-order valence-electron chi connectivity index (χ0n) is 14.4. The van der Waals surface area contributed by atoms with E-state index in [4.69, 9.17) is 5.11 Å². The molecule has 3 amide bonds. The third-order valence-electron chi connectivity index (χ3n) is 4.18. The fourth-order valence-corrected chi connectivity index (χ4v) is 2.73. The highest BCUT2D eigenvalue weighted by Crippen LogP contribution is 2.25. The molecule has 1 heterocycles. The van der Waals surface area contributed by atoms with Crippen molar-refractivity contribution in [3.05, 3.63) is 34.9 Å². The maximum absolute atomic E-state index is 12.4. The second kappa shape index (κ2) is 7.92. The number of hydrogen-bond acceptors (Lipinski definition) is 4. The lowest BCUT2D eigenvalue weighted by Gasteiger charge is -2.17. The van der Waals surface area contributed by atoms with Crippen molar-refractivity contribution in [1.82, 2.24) is 9.80 Å². The lowest BCUT2D eigenvalue weighted by Crippen LogP contribution is -2.30. The van der Waals surface area contributed by atoms with Gasteiger partial charge in [-0.25, -0.2) is 0 Å². The molecule has 0 aliphatic carbocycles. The summed E-state index contributed by atoms with van der Waals surface area (Å²) in [5.41, 5.74) is 0.895. The van der Waals surface area contributed by atoms with Crippen molar-refractivity contribution in [2.24, 2.45) is 0 Å². The minimum atomic E-state index is -0.908. The van der Waals surface area contributed by atoms with Crippen LogP contribution in [0.2, 0.25) is 0 Å². The number of carbonyl (C=O) groups is 4. The van der Waals surface area contributed by atoms with Crippen molar-refractivity contribution in [2.45, 2.75) is 32.6 Å². The van der Waals surface area contributed by atoms with Crippen LogP contribution >= 0.6 is 0 Å². The Hall–Kier alpha value is -2.70. The normalized spacial score (nSPS) is 13.1. The van der Waals surface area contributed by atoms with E-state index in [-0.39, 0.29) is 29.7 Å². The molecular weight excluding hydrogens is 324 g/mol. The van der Waals surface area contributed by atoms with Crippen LogP contribution in [0, 0.1) is 0 Å². The van der Waals surface area contributed by atoms with Crippen LogP contribution in [0.3, 0.4) is 0 Å². The van der Waals surface area contributed by atoms with E-state index in [9.17, 15) is 19.2 Å². The average Bonchev–Trinajstić information content (AvgIpc) is 2.82. The van der Waals surface area contributed by atoms with Crippen molar-refractivity contribution >= 4 is 23.7 Å². The van der Waals surface area contributed by atoms with Gasteiger partial charge in [0.05, 0.1) is 11.1 Å². The third-order valence-corrected chi connectivity index (χ3v) is 4.18. The van der Waals surface area contributed by atoms with Crippen LogP contribution in [0.15, 0.2) is 18.2 Å². The van der Waals surface area contributed by atoms with Crippen LogP contribution in [0.25, 0.3) is 0 Å². The van der Waals surface area contributed by atoms with Gasteiger partial charge in [-0.15, -0.1) is 0 Å². The summed E-state index contributed by atoms with van der Waals surface area (Å²) in [6.45, 7) is 2.66. The number of carbonyl (C=O) groups excluding carboxylic acids is 3. The standard InChI is InChI=1S/C18H22N2O5/c1-3-4-10-20-17(24)13-8-7-12(11-14(13)18(20)25)16(23)19(2)9-5-6-15(21)22/h7-8,11H,3-6,9-10H2,1-2H3,(H,21,22). The number of amides is 3. The van der Waals surface area contributed by atoms with Gasteiger partial charge < -0.3 is 10.0 Å². The van der Waals surface area contributed by atoms with Crippen LogP contribution in [0.1, 0.15) is 63.7 Å². The number of nitrogens with zero attached hydrogens (tertiary/aromatic N) is 2. The van der Waals surface area contributed by atoms with Gasteiger partial charge in [-0.3, -0.25) is 24.1 Å².